The zero-order valence-electron chi connectivity index (χ0n) is 9.01. The maximum absolute atomic E-state index is 10.9. The van der Waals surface area contributed by atoms with E-state index in [9.17, 15) is 18.9 Å². The molecule has 0 saturated carbocycles. The number of carboxylic acid groups (broad SMARTS) is 3. The molecule has 0 aliphatic carbocycles. The third-order valence-electron chi connectivity index (χ3n) is 2.13. The zero-order valence-corrected chi connectivity index (χ0v) is 9.90. The minimum absolute atomic E-state index is 0.546. The van der Waals surface area contributed by atoms with Gasteiger partial charge in [0.15, 0.2) is 0 Å². The lowest BCUT2D eigenvalue weighted by atomic mass is 9.81. The lowest BCUT2D eigenvalue weighted by Gasteiger charge is -2.28. The van der Waals surface area contributed by atoms with Gasteiger partial charge in [-0.3, -0.25) is 18.9 Å². The normalized spacial score (nSPS) is 13.9. The molecule has 0 aliphatic heterocycles. The molecule has 0 fully saturated rings. The Bertz CT molecular complexity index is 372. The van der Waals surface area contributed by atoms with Gasteiger partial charge in [0.1, 0.15) is 6.10 Å². The first-order valence-corrected chi connectivity index (χ1v) is 5.97. The highest BCUT2D eigenvalue weighted by atomic mass is 31.2. The maximum atomic E-state index is 10.9. The molecule has 0 spiro atoms. The van der Waals surface area contributed by atoms with Gasteiger partial charge in [0, 0.05) is 0 Å². The van der Waals surface area contributed by atoms with Crippen molar-refractivity contribution in [1.29, 1.82) is 0 Å². The lowest BCUT2D eigenvalue weighted by Crippen LogP contribution is -2.55. The van der Waals surface area contributed by atoms with Gasteiger partial charge in [-0.2, -0.15) is 0 Å². The third-order valence-corrected chi connectivity index (χ3v) is 2.66. The predicted molar refractivity (Wildman–Crippen MR) is 52.5 cm³/mol. The summed E-state index contributed by atoms with van der Waals surface area (Å²) in [5.41, 5.74) is -3.49. The molecule has 0 amide bonds. The van der Waals surface area contributed by atoms with Crippen LogP contribution in [0.2, 0.25) is 0 Å². The van der Waals surface area contributed by atoms with Crippen molar-refractivity contribution in [3.05, 3.63) is 0 Å². The van der Waals surface area contributed by atoms with Crippen LogP contribution in [0.3, 0.4) is 0 Å². The van der Waals surface area contributed by atoms with Gasteiger partial charge in [-0.05, 0) is 6.42 Å². The van der Waals surface area contributed by atoms with E-state index in [4.69, 9.17) is 25.1 Å². The Morgan fingerprint density at radius 3 is 1.61 bits per heavy atom. The minimum atomic E-state index is -5.24. The molecule has 0 aromatic carbocycles. The highest BCUT2D eigenvalue weighted by Crippen LogP contribution is 2.43. The van der Waals surface area contributed by atoms with Crippen molar-refractivity contribution in [3.8, 4) is 0 Å². The maximum Gasteiger partial charge on any atom is 0.469 e. The summed E-state index contributed by atoms with van der Waals surface area (Å²) in [7, 11) is -5.24. The summed E-state index contributed by atoms with van der Waals surface area (Å²) in [6.07, 6.45) is -2.78. The summed E-state index contributed by atoms with van der Waals surface area (Å²) in [4.78, 5) is 49.8. The molecule has 5 N–H and O–H groups in total. The predicted octanol–water partition coefficient (Wildman–Crippen LogP) is -0.886. The zero-order chi connectivity index (χ0) is 14.7. The van der Waals surface area contributed by atoms with Gasteiger partial charge in [0.25, 0.3) is 5.41 Å². The fourth-order valence-corrected chi connectivity index (χ4v) is 1.95. The topological polar surface area (TPSA) is 179 Å². The molecule has 10 nitrogen and oxygen atoms in total. The first-order chi connectivity index (χ1) is 8.00. The monoisotopic (exact) mass is 286 g/mol. The Morgan fingerprint density at radius 1 is 1.11 bits per heavy atom. The van der Waals surface area contributed by atoms with Crippen molar-refractivity contribution in [1.82, 2.24) is 0 Å². The Morgan fingerprint density at radius 2 is 1.44 bits per heavy atom. The van der Waals surface area contributed by atoms with E-state index in [1.54, 1.807) is 0 Å². The van der Waals surface area contributed by atoms with Crippen LogP contribution in [0.1, 0.15) is 13.3 Å². The molecule has 0 saturated heterocycles. The summed E-state index contributed by atoms with van der Waals surface area (Å²) in [6.45, 7) is 1.13. The van der Waals surface area contributed by atoms with Crippen molar-refractivity contribution in [3.63, 3.8) is 0 Å². The fourth-order valence-electron chi connectivity index (χ4n) is 1.31. The first kappa shape index (κ1) is 16.5. The molecule has 0 bridgehead atoms. The Kier molecular flexibility index (Phi) is 4.99. The van der Waals surface area contributed by atoms with Crippen LogP contribution >= 0.6 is 7.82 Å². The molecule has 0 radical (unpaired) electrons. The molecular weight excluding hydrogens is 275 g/mol. The second-order valence-electron chi connectivity index (χ2n) is 3.22. The number of rotatable bonds is 7. The Labute approximate surface area is 100 Å². The molecule has 0 aromatic heterocycles. The van der Waals surface area contributed by atoms with Crippen molar-refractivity contribution in [2.24, 2.45) is 5.41 Å². The molecular formula is C7H11O10P. The average Bonchev–Trinajstić information content (AvgIpc) is 2.13. The highest BCUT2D eigenvalue weighted by Gasteiger charge is 2.62. The van der Waals surface area contributed by atoms with Gasteiger partial charge in [-0.15, -0.1) is 0 Å². The number of phosphoric acid groups is 1. The van der Waals surface area contributed by atoms with Gasteiger partial charge >= 0.3 is 25.7 Å². The number of carbonyl (C=O) groups is 3. The van der Waals surface area contributed by atoms with E-state index in [0.29, 0.717) is 0 Å². The average molecular weight is 286 g/mol. The van der Waals surface area contributed by atoms with Crippen LogP contribution in [0.4, 0.5) is 0 Å². The summed E-state index contributed by atoms with van der Waals surface area (Å²) < 4.78 is 14.6. The Balaban J connectivity index is 5.82. The number of phosphoric ester groups is 1. The van der Waals surface area contributed by atoms with Crippen molar-refractivity contribution in [2.45, 2.75) is 19.4 Å². The van der Waals surface area contributed by atoms with Gasteiger partial charge < -0.3 is 25.1 Å². The molecule has 1 atom stereocenters. The van der Waals surface area contributed by atoms with Crippen LogP contribution in [0.15, 0.2) is 0 Å². The molecule has 0 rings (SSSR count). The van der Waals surface area contributed by atoms with Crippen LogP contribution in [0.5, 0.6) is 0 Å². The van der Waals surface area contributed by atoms with Crippen LogP contribution in [0, 0.1) is 5.41 Å². The van der Waals surface area contributed by atoms with Gasteiger partial charge in [0.2, 0.25) is 0 Å². The van der Waals surface area contributed by atoms with Crippen LogP contribution in [0.25, 0.3) is 0 Å². The SMILES string of the molecule is CCC(OP(=O)(O)O)C(C(=O)O)(C(=O)O)C(=O)O. The van der Waals surface area contributed by atoms with Crippen molar-refractivity contribution < 1.29 is 48.6 Å². The highest BCUT2D eigenvalue weighted by molar-refractivity contribution is 7.46. The van der Waals surface area contributed by atoms with Crippen LogP contribution in [-0.4, -0.2) is 49.1 Å². The van der Waals surface area contributed by atoms with Crippen molar-refractivity contribution >= 4 is 25.7 Å². The number of aliphatic carboxylic acids is 3. The second kappa shape index (κ2) is 5.44. The van der Waals surface area contributed by atoms with Gasteiger partial charge in [0.05, 0.1) is 0 Å². The number of carboxylic acids is 3. The largest absolute Gasteiger partial charge is 0.480 e. The van der Waals surface area contributed by atoms with Crippen LogP contribution in [-0.2, 0) is 23.5 Å². The first-order valence-electron chi connectivity index (χ1n) is 4.44. The van der Waals surface area contributed by atoms with Gasteiger partial charge in [-0.1, -0.05) is 6.92 Å². The molecule has 0 aromatic rings. The van der Waals surface area contributed by atoms with E-state index in [0.717, 1.165) is 6.92 Å². The summed E-state index contributed by atoms with van der Waals surface area (Å²) in [5.74, 6) is -6.87. The number of hydrogen-bond acceptors (Lipinski definition) is 5. The summed E-state index contributed by atoms with van der Waals surface area (Å²) in [6, 6.07) is 0. The van der Waals surface area contributed by atoms with Gasteiger partial charge in [-0.25, -0.2) is 4.57 Å². The molecule has 0 heterocycles. The molecule has 104 valence electrons. The minimum Gasteiger partial charge on any atom is -0.480 e. The van der Waals surface area contributed by atoms with E-state index < -0.39 is 43.7 Å². The standard InChI is InChI=1S/C7H11O10P/c1-2-3(17-18(14,15)16)7(4(8)9,5(10)11)6(12)13/h3H,2H2,1H3,(H,8,9)(H,10,11)(H,12,13)(H2,14,15,16). The molecule has 0 aliphatic rings. The van der Waals surface area contributed by atoms with E-state index in [-0.39, 0.29) is 0 Å². The quantitative estimate of drug-likeness (QED) is 0.291. The lowest BCUT2D eigenvalue weighted by molar-refractivity contribution is -0.183. The fraction of sp³-hybridized carbons (Fsp3) is 0.571. The van der Waals surface area contributed by atoms with E-state index in [1.807, 2.05) is 0 Å². The second-order valence-corrected chi connectivity index (χ2v) is 4.41. The number of hydrogen-bond donors (Lipinski definition) is 5. The van der Waals surface area contributed by atoms with E-state index >= 15 is 0 Å². The molecule has 18 heavy (non-hydrogen) atoms. The Hall–Kier alpha value is -1.48. The van der Waals surface area contributed by atoms with Crippen LogP contribution < -0.4 is 0 Å². The molecule has 1 unspecified atom stereocenters. The smallest absolute Gasteiger partial charge is 0.469 e. The molecule has 11 heteroatoms. The van der Waals surface area contributed by atoms with E-state index in [1.165, 1.54) is 0 Å². The van der Waals surface area contributed by atoms with E-state index in [2.05, 4.69) is 4.52 Å². The third kappa shape index (κ3) is 3.05. The van der Waals surface area contributed by atoms with Crippen molar-refractivity contribution in [2.75, 3.05) is 0 Å². The summed E-state index contributed by atoms with van der Waals surface area (Å²) >= 11 is 0. The summed E-state index contributed by atoms with van der Waals surface area (Å²) in [5, 5.41) is 26.3.